The van der Waals surface area contributed by atoms with Crippen LogP contribution in [0.1, 0.15) is 76.5 Å². The summed E-state index contributed by atoms with van der Waals surface area (Å²) in [6, 6.07) is 3.48. The summed E-state index contributed by atoms with van der Waals surface area (Å²) >= 11 is 0. The van der Waals surface area contributed by atoms with Gasteiger partial charge in [-0.1, -0.05) is 40.7 Å². The van der Waals surface area contributed by atoms with E-state index in [4.69, 9.17) is 17.2 Å². The van der Waals surface area contributed by atoms with Crippen LogP contribution < -0.4 is 22.5 Å². The summed E-state index contributed by atoms with van der Waals surface area (Å²) in [5.74, 6) is 0. The molecule has 0 saturated heterocycles. The molecule has 1 atom stereocenters. The SMILES string of the molecule is C=C(CCN(C)[N-]C)NC(CC)CCN.CC.CCCc1cc(/C(C=NC)=C/N)c(C(F)F)cc1N.[Y]. The minimum absolute atomic E-state index is 0. The number of hydrogen-bond donors (Lipinski definition) is 4. The van der Waals surface area contributed by atoms with E-state index in [1.807, 2.05) is 32.8 Å². The first-order valence-electron chi connectivity index (χ1n) is 12.7. The van der Waals surface area contributed by atoms with E-state index in [1.165, 1.54) is 18.5 Å². The molecule has 0 bridgehead atoms. The van der Waals surface area contributed by atoms with Crippen LogP contribution in [0.3, 0.4) is 0 Å². The molecule has 0 aromatic heterocycles. The number of nitrogens with two attached hydrogens (primary N) is 3. The second-order valence-electron chi connectivity index (χ2n) is 7.96. The molecule has 0 amide bonds. The van der Waals surface area contributed by atoms with Gasteiger partial charge in [0.2, 0.25) is 0 Å². The molecule has 37 heavy (non-hydrogen) atoms. The van der Waals surface area contributed by atoms with Gasteiger partial charge in [0.1, 0.15) is 0 Å². The fourth-order valence-corrected chi connectivity index (χ4v) is 3.27. The molecule has 1 aromatic rings. The van der Waals surface area contributed by atoms with Gasteiger partial charge >= 0.3 is 0 Å². The molecule has 1 radical (unpaired) electrons. The Kier molecular flexibility index (Phi) is 27.0. The van der Waals surface area contributed by atoms with E-state index in [2.05, 4.69) is 29.2 Å². The Hall–Kier alpha value is -1.39. The second kappa shape index (κ2) is 24.9. The molecule has 1 rings (SSSR count). The molecule has 0 aliphatic rings. The number of nitrogens with zero attached hydrogens (tertiary/aromatic N) is 3. The number of nitrogens with one attached hydrogen (secondary N) is 1. The maximum Gasteiger partial charge on any atom is 0.264 e. The Morgan fingerprint density at radius 2 is 1.89 bits per heavy atom. The molecular weight excluding hydrogens is 549 g/mol. The number of aliphatic imine (C=N–C) groups is 1. The number of benzene rings is 1. The van der Waals surface area contributed by atoms with Crippen LogP contribution in [-0.4, -0.2) is 51.5 Å². The van der Waals surface area contributed by atoms with Crippen LogP contribution in [0.25, 0.3) is 11.0 Å². The van der Waals surface area contributed by atoms with E-state index >= 15 is 0 Å². The summed E-state index contributed by atoms with van der Waals surface area (Å²) in [5, 5.41) is 5.32. The molecular formula is C27H50F2N7Y-. The third-order valence-corrected chi connectivity index (χ3v) is 5.32. The average molecular weight is 600 g/mol. The number of nitrogen functional groups attached to an aromatic ring is 1. The summed E-state index contributed by atoms with van der Waals surface area (Å²) in [6.07, 6.45) is 4.79. The fraction of sp³-hybridized carbons (Fsp3) is 0.593. The molecule has 0 fully saturated rings. The number of halogens is 2. The molecule has 10 heteroatoms. The first-order valence-corrected chi connectivity index (χ1v) is 12.7. The van der Waals surface area contributed by atoms with E-state index in [9.17, 15) is 8.78 Å². The van der Waals surface area contributed by atoms with Crippen molar-refractivity contribution in [3.63, 3.8) is 0 Å². The van der Waals surface area contributed by atoms with Gasteiger partial charge in [-0.3, -0.25) is 4.99 Å². The Labute approximate surface area is 249 Å². The van der Waals surface area contributed by atoms with Crippen molar-refractivity contribution >= 4 is 17.5 Å². The molecule has 1 aromatic carbocycles. The largest absolute Gasteiger partial charge is 0.597 e. The zero-order valence-corrected chi connectivity index (χ0v) is 26.9. The minimum Gasteiger partial charge on any atom is -0.597 e. The van der Waals surface area contributed by atoms with E-state index in [1.54, 1.807) is 20.2 Å². The van der Waals surface area contributed by atoms with Crippen molar-refractivity contribution in [1.29, 1.82) is 0 Å². The Bertz CT molecular complexity index is 786. The van der Waals surface area contributed by atoms with Crippen molar-refractivity contribution < 1.29 is 41.5 Å². The maximum atomic E-state index is 13.1. The van der Waals surface area contributed by atoms with Gasteiger partial charge < -0.3 is 33.0 Å². The summed E-state index contributed by atoms with van der Waals surface area (Å²) in [7, 11) is 5.32. The molecule has 211 valence electrons. The standard InChI is InChI=1S/C14H19F2N3.C11H25N4.C2H6.Y/c1-3-4-9-5-11(10(7-17)8-19-2)12(14(15)16)6-13(9)18;1-5-11(6-8-12)14-10(2)7-9-15(4)13-3;1-2;/h5-8,14H,3-4,17-18H2,1-2H3;11,14H,2,5-9,12H2,1,3-4H3;1-2H3;/q;-1;;/b10-7+,19-8?;;;. The Balaban J connectivity index is -0.000000585. The summed E-state index contributed by atoms with van der Waals surface area (Å²) in [4.78, 5) is 3.83. The first-order chi connectivity index (χ1) is 17.2. The third kappa shape index (κ3) is 16.9. The van der Waals surface area contributed by atoms with Crippen LogP contribution >= 0.6 is 0 Å². The molecule has 0 aliphatic carbocycles. The van der Waals surface area contributed by atoms with E-state index in [0.717, 1.165) is 56.5 Å². The van der Waals surface area contributed by atoms with Crippen molar-refractivity contribution in [2.75, 3.05) is 40.0 Å². The predicted molar refractivity (Wildman–Crippen MR) is 154 cm³/mol. The van der Waals surface area contributed by atoms with Gasteiger partial charge in [-0.05, 0) is 69.1 Å². The predicted octanol–water partition coefficient (Wildman–Crippen LogP) is 5.64. The fourth-order valence-electron chi connectivity index (χ4n) is 3.27. The van der Waals surface area contributed by atoms with Crippen LogP contribution in [0.4, 0.5) is 14.5 Å². The Morgan fingerprint density at radius 1 is 1.27 bits per heavy atom. The average Bonchev–Trinajstić information content (AvgIpc) is 2.88. The van der Waals surface area contributed by atoms with E-state index < -0.39 is 6.43 Å². The minimum atomic E-state index is -2.60. The Morgan fingerprint density at radius 3 is 2.32 bits per heavy atom. The van der Waals surface area contributed by atoms with Gasteiger partial charge in [0, 0.05) is 80.7 Å². The topological polar surface area (TPSA) is 120 Å². The summed E-state index contributed by atoms with van der Waals surface area (Å²) in [6.45, 7) is 13.8. The molecule has 7 nitrogen and oxygen atoms in total. The molecule has 0 aliphatic heterocycles. The molecule has 7 N–H and O–H groups in total. The van der Waals surface area contributed by atoms with Crippen molar-refractivity contribution in [3.8, 4) is 0 Å². The van der Waals surface area contributed by atoms with E-state index in [0.29, 0.717) is 22.9 Å². The number of allylic oxidation sites excluding steroid dienone is 1. The van der Waals surface area contributed by atoms with Gasteiger partial charge in [-0.25, -0.2) is 8.78 Å². The maximum absolute atomic E-state index is 13.1. The quantitative estimate of drug-likeness (QED) is 0.125. The van der Waals surface area contributed by atoms with Crippen LogP contribution in [0.5, 0.6) is 0 Å². The van der Waals surface area contributed by atoms with Crippen molar-refractivity contribution in [2.24, 2.45) is 16.5 Å². The second-order valence-corrected chi connectivity index (χ2v) is 7.96. The van der Waals surface area contributed by atoms with Crippen LogP contribution in [-0.2, 0) is 39.1 Å². The molecule has 1 unspecified atom stereocenters. The van der Waals surface area contributed by atoms with Gasteiger partial charge in [-0.2, -0.15) is 7.05 Å². The van der Waals surface area contributed by atoms with Crippen molar-refractivity contribution in [1.82, 2.24) is 10.3 Å². The molecule has 0 saturated carbocycles. The van der Waals surface area contributed by atoms with Crippen molar-refractivity contribution in [2.45, 2.75) is 72.3 Å². The molecule has 0 heterocycles. The zero-order valence-electron chi connectivity index (χ0n) is 24.0. The number of rotatable bonds is 14. The number of hydrogen-bond acceptors (Lipinski definition) is 6. The van der Waals surface area contributed by atoms with Crippen LogP contribution in [0.15, 0.2) is 35.6 Å². The first kappa shape index (κ1) is 40.1. The van der Waals surface area contributed by atoms with Gasteiger partial charge in [0.25, 0.3) is 6.43 Å². The summed E-state index contributed by atoms with van der Waals surface area (Å²) in [5.41, 5.74) is 23.9. The van der Waals surface area contributed by atoms with Gasteiger partial charge in [-0.15, -0.1) is 0 Å². The molecule has 0 spiro atoms. The monoisotopic (exact) mass is 599 g/mol. The number of alkyl halides is 2. The third-order valence-electron chi connectivity index (χ3n) is 5.32. The van der Waals surface area contributed by atoms with E-state index in [-0.39, 0.29) is 38.3 Å². The summed E-state index contributed by atoms with van der Waals surface area (Å²) < 4.78 is 26.2. The number of anilines is 1. The van der Waals surface area contributed by atoms with Crippen LogP contribution in [0, 0.1) is 0 Å². The van der Waals surface area contributed by atoms with Gasteiger partial charge in [0.15, 0.2) is 0 Å². The van der Waals surface area contributed by atoms with Crippen molar-refractivity contribution in [3.05, 3.63) is 52.7 Å². The zero-order chi connectivity index (χ0) is 28.1. The number of aryl methyl sites for hydroxylation is 1. The van der Waals surface area contributed by atoms with Gasteiger partial charge in [0.05, 0.1) is 0 Å². The van der Waals surface area contributed by atoms with Crippen LogP contribution in [0.2, 0.25) is 0 Å². The normalized spacial score (nSPS) is 11.8. The smallest absolute Gasteiger partial charge is 0.264 e.